The third-order valence-electron chi connectivity index (χ3n) is 6.21. The van der Waals surface area contributed by atoms with Crippen LogP contribution in [0.2, 0.25) is 0 Å². The van der Waals surface area contributed by atoms with Gasteiger partial charge in [-0.2, -0.15) is 5.26 Å². The maximum Gasteiger partial charge on any atom is 0.161 e. The standard InChI is InChI=1S/C30H28N6O2/c1-37-28-7-4-22(16-29(28)38-14-13-32-11-8-21-3-2-10-33-18-21)26-20-34-19-24(17-31)30(26)36-25-5-6-27-23(15-25)9-12-35-27/h2-7,9-10,12,15-16,18-20,32,35H,8,11,13-14H2,1H3,(H,34,36). The molecule has 0 aliphatic carbocycles. The lowest BCUT2D eigenvalue weighted by Gasteiger charge is -2.16. The Morgan fingerprint density at radius 1 is 0.974 bits per heavy atom. The van der Waals surface area contributed by atoms with Crippen molar-refractivity contribution in [2.75, 3.05) is 32.1 Å². The molecule has 8 nitrogen and oxygen atoms in total. The molecule has 0 spiro atoms. The van der Waals surface area contributed by atoms with Gasteiger partial charge >= 0.3 is 0 Å². The van der Waals surface area contributed by atoms with Gasteiger partial charge in [-0.3, -0.25) is 9.97 Å². The summed E-state index contributed by atoms with van der Waals surface area (Å²) in [5, 5.41) is 17.7. The van der Waals surface area contributed by atoms with Crippen LogP contribution in [0.25, 0.3) is 22.0 Å². The zero-order valence-electron chi connectivity index (χ0n) is 21.1. The van der Waals surface area contributed by atoms with Gasteiger partial charge in [0.05, 0.1) is 18.4 Å². The molecule has 2 aromatic carbocycles. The second-order valence-corrected chi connectivity index (χ2v) is 8.70. The Labute approximate surface area is 221 Å². The average molecular weight is 505 g/mol. The number of anilines is 2. The summed E-state index contributed by atoms with van der Waals surface area (Å²) in [4.78, 5) is 11.7. The molecule has 8 heteroatoms. The summed E-state index contributed by atoms with van der Waals surface area (Å²) in [7, 11) is 1.62. The summed E-state index contributed by atoms with van der Waals surface area (Å²) >= 11 is 0. The minimum atomic E-state index is 0.452. The molecule has 0 atom stereocenters. The molecule has 0 aliphatic heterocycles. The Balaban J connectivity index is 1.32. The number of ether oxygens (including phenoxy) is 2. The van der Waals surface area contributed by atoms with E-state index >= 15 is 0 Å². The van der Waals surface area contributed by atoms with E-state index in [1.54, 1.807) is 25.7 Å². The average Bonchev–Trinajstić information content (AvgIpc) is 3.43. The summed E-state index contributed by atoms with van der Waals surface area (Å²) < 4.78 is 11.6. The zero-order chi connectivity index (χ0) is 26.2. The number of methoxy groups -OCH3 is 1. The molecule has 5 rings (SSSR count). The Bertz CT molecular complexity index is 1560. The summed E-state index contributed by atoms with van der Waals surface area (Å²) in [6.07, 6.45) is 9.79. The molecule has 3 N–H and O–H groups in total. The van der Waals surface area contributed by atoms with Gasteiger partial charge in [-0.1, -0.05) is 12.1 Å². The Morgan fingerprint density at radius 3 is 2.76 bits per heavy atom. The number of fused-ring (bicyclic) bond motifs is 1. The van der Waals surface area contributed by atoms with Crippen LogP contribution in [0, 0.1) is 11.3 Å². The van der Waals surface area contributed by atoms with E-state index in [0.717, 1.165) is 40.7 Å². The highest BCUT2D eigenvalue weighted by molar-refractivity contribution is 5.88. The highest BCUT2D eigenvalue weighted by atomic mass is 16.5. The van der Waals surface area contributed by atoms with Crippen molar-refractivity contribution in [3.05, 3.63) is 96.7 Å². The zero-order valence-corrected chi connectivity index (χ0v) is 21.1. The van der Waals surface area contributed by atoms with E-state index < -0.39 is 0 Å². The molecule has 190 valence electrons. The Kier molecular flexibility index (Phi) is 7.78. The van der Waals surface area contributed by atoms with Crippen molar-refractivity contribution < 1.29 is 9.47 Å². The molecular formula is C30H28N6O2. The van der Waals surface area contributed by atoms with Crippen LogP contribution in [0.3, 0.4) is 0 Å². The number of hydrogen-bond donors (Lipinski definition) is 3. The molecule has 0 amide bonds. The minimum absolute atomic E-state index is 0.452. The van der Waals surface area contributed by atoms with Crippen LogP contribution in [0.15, 0.2) is 85.6 Å². The van der Waals surface area contributed by atoms with Crippen molar-refractivity contribution >= 4 is 22.3 Å². The first-order valence-electron chi connectivity index (χ1n) is 12.4. The first-order chi connectivity index (χ1) is 18.7. The molecule has 3 heterocycles. The van der Waals surface area contributed by atoms with Gasteiger partial charge < -0.3 is 25.1 Å². The SMILES string of the molecule is COc1ccc(-c2cncc(C#N)c2Nc2ccc3[nH]ccc3c2)cc1OCCNCCc1cccnc1. The first-order valence-corrected chi connectivity index (χ1v) is 12.4. The minimum Gasteiger partial charge on any atom is -0.493 e. The summed E-state index contributed by atoms with van der Waals surface area (Å²) in [6.45, 7) is 2.00. The Morgan fingerprint density at radius 2 is 1.92 bits per heavy atom. The third-order valence-corrected chi connectivity index (χ3v) is 6.21. The number of aromatic amines is 1. The number of hydrogen-bond acceptors (Lipinski definition) is 7. The maximum atomic E-state index is 9.81. The smallest absolute Gasteiger partial charge is 0.161 e. The molecule has 0 radical (unpaired) electrons. The lowest BCUT2D eigenvalue weighted by molar-refractivity contribution is 0.293. The fourth-order valence-electron chi connectivity index (χ4n) is 4.27. The predicted molar refractivity (Wildman–Crippen MR) is 149 cm³/mol. The van der Waals surface area contributed by atoms with Crippen LogP contribution < -0.4 is 20.1 Å². The van der Waals surface area contributed by atoms with Crippen LogP contribution in [0.1, 0.15) is 11.1 Å². The maximum absolute atomic E-state index is 9.81. The van der Waals surface area contributed by atoms with E-state index in [9.17, 15) is 5.26 Å². The summed E-state index contributed by atoms with van der Waals surface area (Å²) in [5.74, 6) is 1.27. The predicted octanol–water partition coefficient (Wildman–Crippen LogP) is 5.46. The summed E-state index contributed by atoms with van der Waals surface area (Å²) in [6, 6.07) is 20.1. The van der Waals surface area contributed by atoms with Crippen molar-refractivity contribution in [3.8, 4) is 28.7 Å². The monoisotopic (exact) mass is 504 g/mol. The van der Waals surface area contributed by atoms with Crippen LogP contribution in [-0.2, 0) is 6.42 Å². The van der Waals surface area contributed by atoms with Crippen LogP contribution in [-0.4, -0.2) is 41.8 Å². The van der Waals surface area contributed by atoms with Crippen LogP contribution in [0.4, 0.5) is 11.4 Å². The number of nitrogens with zero attached hydrogens (tertiary/aromatic N) is 3. The molecule has 0 unspecified atom stereocenters. The number of benzene rings is 2. The van der Waals surface area contributed by atoms with E-state index in [1.165, 1.54) is 5.56 Å². The van der Waals surface area contributed by atoms with Gasteiger partial charge in [0.25, 0.3) is 0 Å². The number of nitrogens with one attached hydrogen (secondary N) is 3. The molecule has 0 bridgehead atoms. The van der Waals surface area contributed by atoms with Gasteiger partial charge in [0.15, 0.2) is 11.5 Å². The highest BCUT2D eigenvalue weighted by Crippen LogP contribution is 2.37. The largest absolute Gasteiger partial charge is 0.493 e. The molecule has 0 aliphatic rings. The van der Waals surface area contributed by atoms with Gasteiger partial charge in [0, 0.05) is 59.7 Å². The number of H-pyrrole nitrogens is 1. The van der Waals surface area contributed by atoms with Gasteiger partial charge in [0.2, 0.25) is 0 Å². The normalized spacial score (nSPS) is 10.7. The van der Waals surface area contributed by atoms with E-state index in [2.05, 4.69) is 37.7 Å². The van der Waals surface area contributed by atoms with Crippen molar-refractivity contribution in [2.45, 2.75) is 6.42 Å². The molecule has 38 heavy (non-hydrogen) atoms. The lowest BCUT2D eigenvalue weighted by atomic mass is 10.0. The first kappa shape index (κ1) is 24.8. The van der Waals surface area contributed by atoms with Gasteiger partial charge in [-0.05, 0) is 66.6 Å². The molecule has 0 saturated heterocycles. The van der Waals surface area contributed by atoms with Gasteiger partial charge in [0.1, 0.15) is 12.7 Å². The van der Waals surface area contributed by atoms with E-state index in [0.29, 0.717) is 35.9 Å². The number of nitriles is 1. The quantitative estimate of drug-likeness (QED) is 0.205. The number of pyridine rings is 2. The van der Waals surface area contributed by atoms with E-state index in [-0.39, 0.29) is 0 Å². The second kappa shape index (κ2) is 11.9. The van der Waals surface area contributed by atoms with E-state index in [1.807, 2.05) is 60.9 Å². The second-order valence-electron chi connectivity index (χ2n) is 8.70. The van der Waals surface area contributed by atoms with Gasteiger partial charge in [-0.15, -0.1) is 0 Å². The topological polar surface area (TPSA) is 108 Å². The van der Waals surface area contributed by atoms with Gasteiger partial charge in [-0.25, -0.2) is 0 Å². The Hall–Kier alpha value is -4.87. The lowest BCUT2D eigenvalue weighted by Crippen LogP contribution is -2.23. The molecule has 3 aromatic heterocycles. The fraction of sp³-hybridized carbons (Fsp3) is 0.167. The highest BCUT2D eigenvalue weighted by Gasteiger charge is 2.15. The van der Waals surface area contributed by atoms with E-state index in [4.69, 9.17) is 9.47 Å². The molecule has 5 aromatic rings. The fourth-order valence-corrected chi connectivity index (χ4v) is 4.27. The van der Waals surface area contributed by atoms with Crippen LogP contribution in [0.5, 0.6) is 11.5 Å². The third kappa shape index (κ3) is 5.75. The molecule has 0 saturated carbocycles. The van der Waals surface area contributed by atoms with Crippen molar-refractivity contribution in [1.29, 1.82) is 5.26 Å². The number of aromatic nitrogens is 3. The molecule has 0 fully saturated rings. The van der Waals surface area contributed by atoms with Crippen molar-refractivity contribution in [3.63, 3.8) is 0 Å². The van der Waals surface area contributed by atoms with Crippen molar-refractivity contribution in [2.24, 2.45) is 0 Å². The molecular weight excluding hydrogens is 476 g/mol. The van der Waals surface area contributed by atoms with Crippen LogP contribution >= 0.6 is 0 Å². The van der Waals surface area contributed by atoms with Crippen molar-refractivity contribution in [1.82, 2.24) is 20.3 Å². The number of rotatable bonds is 11. The summed E-state index contributed by atoms with van der Waals surface area (Å²) in [5.41, 5.74) is 5.91.